The number of unbranched alkanes of at least 4 members (excludes halogenated alkanes) is 2. The molecule has 0 aliphatic carbocycles. The van der Waals surface area contributed by atoms with Gasteiger partial charge in [0.25, 0.3) is 0 Å². The van der Waals surface area contributed by atoms with Crippen LogP contribution in [0.25, 0.3) is 0 Å². The van der Waals surface area contributed by atoms with Crippen LogP contribution in [0.5, 0.6) is 5.75 Å². The molecule has 0 bridgehead atoms. The van der Waals surface area contributed by atoms with Crippen LogP contribution in [-0.4, -0.2) is 45.9 Å². The second-order valence-electron chi connectivity index (χ2n) is 9.95. The van der Waals surface area contributed by atoms with E-state index >= 15 is 0 Å². The number of carbonyl (C=O) groups is 2. The van der Waals surface area contributed by atoms with Crippen molar-refractivity contribution in [3.05, 3.63) is 89.7 Å². The largest absolute Gasteiger partial charge is 0.497 e. The van der Waals surface area contributed by atoms with E-state index in [0.717, 1.165) is 48.3 Å². The number of hydrogen-bond donors (Lipinski definition) is 0. The van der Waals surface area contributed by atoms with E-state index in [9.17, 15) is 9.59 Å². The van der Waals surface area contributed by atoms with Gasteiger partial charge in [-0.05, 0) is 55.2 Å². The van der Waals surface area contributed by atoms with Crippen molar-refractivity contribution in [3.8, 4) is 5.75 Å². The lowest BCUT2D eigenvalue weighted by atomic mass is 10.1. The average Bonchev–Trinajstić information content (AvgIpc) is 3.37. The van der Waals surface area contributed by atoms with E-state index in [2.05, 4.69) is 30.5 Å². The number of ether oxygens (including phenoxy) is 1. The Bertz CT molecular complexity index is 1140. The molecule has 0 saturated heterocycles. The molecule has 204 valence electrons. The highest BCUT2D eigenvalue weighted by molar-refractivity contribution is 5.85. The number of aromatic nitrogens is 1. The van der Waals surface area contributed by atoms with Crippen LogP contribution in [0.3, 0.4) is 0 Å². The topological polar surface area (TPSA) is 54.8 Å². The Morgan fingerprint density at radius 1 is 0.895 bits per heavy atom. The predicted octanol–water partition coefficient (Wildman–Crippen LogP) is 6.28. The van der Waals surface area contributed by atoms with Crippen molar-refractivity contribution < 1.29 is 14.3 Å². The van der Waals surface area contributed by atoms with Crippen LogP contribution in [0.2, 0.25) is 0 Å². The molecular weight excluding hydrogens is 474 g/mol. The van der Waals surface area contributed by atoms with Gasteiger partial charge in [-0.3, -0.25) is 9.59 Å². The van der Waals surface area contributed by atoms with Gasteiger partial charge in [0, 0.05) is 37.4 Å². The van der Waals surface area contributed by atoms with Crippen LogP contribution in [0, 0.1) is 0 Å². The molecule has 1 aromatic heterocycles. The Morgan fingerprint density at radius 3 is 2.37 bits per heavy atom. The second kappa shape index (κ2) is 15.0. The number of carbonyl (C=O) groups excluding carboxylic acids is 2. The summed E-state index contributed by atoms with van der Waals surface area (Å²) in [6.07, 6.45) is 6.31. The molecule has 0 N–H and O–H groups in total. The van der Waals surface area contributed by atoms with Gasteiger partial charge >= 0.3 is 0 Å². The molecule has 1 atom stereocenters. The SMILES string of the molecule is CCCCCC(=O)N(CC(=O)N(Cc1ccccc1)Cc1cccn1Cc1cccc(OC)c1)[C@@H](C)CC. The van der Waals surface area contributed by atoms with E-state index in [4.69, 9.17) is 4.74 Å². The molecule has 0 unspecified atom stereocenters. The molecule has 0 saturated carbocycles. The summed E-state index contributed by atoms with van der Waals surface area (Å²) in [6, 6.07) is 22.2. The molecular formula is C32H43N3O3. The Hall–Kier alpha value is -3.54. The molecule has 2 amide bonds. The third-order valence-electron chi connectivity index (χ3n) is 7.08. The minimum atomic E-state index is -0.0351. The fourth-order valence-electron chi connectivity index (χ4n) is 4.57. The minimum absolute atomic E-state index is 0.0172. The van der Waals surface area contributed by atoms with Gasteiger partial charge < -0.3 is 19.1 Å². The first-order chi connectivity index (χ1) is 18.4. The summed E-state index contributed by atoms with van der Waals surface area (Å²) < 4.78 is 7.56. The molecule has 0 aliphatic rings. The quantitative estimate of drug-likeness (QED) is 0.223. The molecule has 0 aliphatic heterocycles. The van der Waals surface area contributed by atoms with Gasteiger partial charge in [0.1, 0.15) is 12.3 Å². The second-order valence-corrected chi connectivity index (χ2v) is 9.95. The van der Waals surface area contributed by atoms with Crippen LogP contribution in [0.1, 0.15) is 69.7 Å². The molecule has 1 heterocycles. The van der Waals surface area contributed by atoms with Crippen molar-refractivity contribution in [2.24, 2.45) is 0 Å². The van der Waals surface area contributed by atoms with Gasteiger partial charge in [-0.15, -0.1) is 0 Å². The van der Waals surface area contributed by atoms with Crippen molar-refractivity contribution in [2.45, 2.75) is 78.6 Å². The monoisotopic (exact) mass is 517 g/mol. The molecule has 3 aromatic rings. The van der Waals surface area contributed by atoms with Gasteiger partial charge in [-0.25, -0.2) is 0 Å². The lowest BCUT2D eigenvalue weighted by molar-refractivity contribution is -0.143. The molecule has 0 radical (unpaired) electrons. The zero-order valence-corrected chi connectivity index (χ0v) is 23.4. The zero-order valence-electron chi connectivity index (χ0n) is 23.4. The molecule has 0 spiro atoms. The summed E-state index contributed by atoms with van der Waals surface area (Å²) in [6.45, 7) is 7.96. The average molecular weight is 518 g/mol. The number of hydrogen-bond acceptors (Lipinski definition) is 3. The molecule has 6 heteroatoms. The van der Waals surface area contributed by atoms with E-state index in [1.54, 1.807) is 12.0 Å². The zero-order chi connectivity index (χ0) is 27.3. The number of methoxy groups -OCH3 is 1. The maximum Gasteiger partial charge on any atom is 0.242 e. The van der Waals surface area contributed by atoms with Gasteiger partial charge in [0.15, 0.2) is 0 Å². The van der Waals surface area contributed by atoms with E-state index in [1.165, 1.54) is 0 Å². The maximum atomic E-state index is 13.8. The third kappa shape index (κ3) is 8.51. The summed E-state index contributed by atoms with van der Waals surface area (Å²) in [5.41, 5.74) is 3.24. The molecule has 3 rings (SSSR count). The highest BCUT2D eigenvalue weighted by Gasteiger charge is 2.25. The van der Waals surface area contributed by atoms with Crippen LogP contribution >= 0.6 is 0 Å². The van der Waals surface area contributed by atoms with Crippen molar-refractivity contribution in [3.63, 3.8) is 0 Å². The highest BCUT2D eigenvalue weighted by atomic mass is 16.5. The Morgan fingerprint density at radius 2 is 1.66 bits per heavy atom. The Balaban J connectivity index is 1.81. The summed E-state index contributed by atoms with van der Waals surface area (Å²) in [7, 11) is 1.67. The van der Waals surface area contributed by atoms with Gasteiger partial charge in [-0.1, -0.05) is 69.2 Å². The van der Waals surface area contributed by atoms with Gasteiger partial charge in [0.2, 0.25) is 11.8 Å². The number of benzene rings is 2. The van der Waals surface area contributed by atoms with Crippen molar-refractivity contribution in [1.29, 1.82) is 0 Å². The van der Waals surface area contributed by atoms with Crippen LogP contribution in [-0.2, 0) is 29.2 Å². The van der Waals surface area contributed by atoms with Gasteiger partial charge in [0.05, 0.1) is 13.7 Å². The fraction of sp³-hybridized carbons (Fsp3) is 0.438. The molecule has 38 heavy (non-hydrogen) atoms. The van der Waals surface area contributed by atoms with E-state index in [0.29, 0.717) is 26.1 Å². The minimum Gasteiger partial charge on any atom is -0.497 e. The lowest BCUT2D eigenvalue weighted by Crippen LogP contribution is -2.46. The van der Waals surface area contributed by atoms with Crippen molar-refractivity contribution in [2.75, 3.05) is 13.7 Å². The van der Waals surface area contributed by atoms with Gasteiger partial charge in [-0.2, -0.15) is 0 Å². The van der Waals surface area contributed by atoms with Crippen molar-refractivity contribution >= 4 is 11.8 Å². The molecule has 2 aromatic carbocycles. The predicted molar refractivity (Wildman–Crippen MR) is 153 cm³/mol. The molecule has 6 nitrogen and oxygen atoms in total. The lowest BCUT2D eigenvalue weighted by Gasteiger charge is -2.31. The van der Waals surface area contributed by atoms with Crippen molar-refractivity contribution in [1.82, 2.24) is 14.4 Å². The smallest absolute Gasteiger partial charge is 0.242 e. The van der Waals surface area contributed by atoms with E-state index in [1.807, 2.05) is 72.6 Å². The van der Waals surface area contributed by atoms with Crippen LogP contribution < -0.4 is 4.74 Å². The molecule has 0 fully saturated rings. The first kappa shape index (κ1) is 29.0. The van der Waals surface area contributed by atoms with E-state index in [-0.39, 0.29) is 24.4 Å². The number of rotatable bonds is 15. The van der Waals surface area contributed by atoms with Crippen LogP contribution in [0.4, 0.5) is 0 Å². The normalized spacial score (nSPS) is 11.7. The van der Waals surface area contributed by atoms with E-state index < -0.39 is 0 Å². The third-order valence-corrected chi connectivity index (χ3v) is 7.08. The first-order valence-corrected chi connectivity index (χ1v) is 13.8. The van der Waals surface area contributed by atoms with Crippen LogP contribution in [0.15, 0.2) is 72.9 Å². The first-order valence-electron chi connectivity index (χ1n) is 13.8. The standard InChI is InChI=1S/C32H43N3O3/c1-5-7-9-19-31(36)35(26(3)6-2)25-32(37)34(22-27-14-10-8-11-15-27)24-29-17-13-20-33(29)23-28-16-12-18-30(21-28)38-4/h8,10-18,20-21,26H,5-7,9,19,22-25H2,1-4H3/t26-/m0/s1. The summed E-state index contributed by atoms with van der Waals surface area (Å²) in [5, 5.41) is 0. The number of amides is 2. The Labute approximate surface area is 228 Å². The summed E-state index contributed by atoms with van der Waals surface area (Å²) in [5.74, 6) is 0.861. The fourth-order valence-corrected chi connectivity index (χ4v) is 4.57. The summed E-state index contributed by atoms with van der Waals surface area (Å²) >= 11 is 0. The Kier molecular flexibility index (Phi) is 11.5. The number of nitrogens with zero attached hydrogens (tertiary/aromatic N) is 3. The highest BCUT2D eigenvalue weighted by Crippen LogP contribution is 2.18. The maximum absolute atomic E-state index is 13.8. The summed E-state index contributed by atoms with van der Waals surface area (Å²) in [4.78, 5) is 30.6.